The van der Waals surface area contributed by atoms with Gasteiger partial charge in [0.25, 0.3) is 0 Å². The standard InChI is InChI=1S/C19H18N4O4/c1-12-7-6-8-14(11-12)27-19-20-13(2)17(23(24)25)18(22-19)21-15-9-4-5-10-16(15)26-3/h4-11H,1-3H3,(H,20,21,22). The molecular weight excluding hydrogens is 348 g/mol. The predicted octanol–water partition coefficient (Wildman–Crippen LogP) is 4.55. The predicted molar refractivity (Wildman–Crippen MR) is 101 cm³/mol. The molecule has 0 aliphatic carbocycles. The van der Waals surface area contributed by atoms with Crippen molar-refractivity contribution in [3.63, 3.8) is 0 Å². The average molecular weight is 366 g/mol. The molecule has 8 nitrogen and oxygen atoms in total. The maximum absolute atomic E-state index is 11.5. The van der Waals surface area contributed by atoms with E-state index in [1.54, 1.807) is 30.3 Å². The maximum Gasteiger partial charge on any atom is 0.332 e. The lowest BCUT2D eigenvalue weighted by Crippen LogP contribution is -2.06. The largest absolute Gasteiger partial charge is 0.495 e. The Morgan fingerprint density at radius 1 is 1.07 bits per heavy atom. The number of nitrogens with one attached hydrogen (secondary N) is 1. The van der Waals surface area contributed by atoms with Gasteiger partial charge in [-0.15, -0.1) is 0 Å². The zero-order chi connectivity index (χ0) is 19.4. The van der Waals surface area contributed by atoms with Crippen LogP contribution in [0.4, 0.5) is 17.2 Å². The molecule has 0 radical (unpaired) electrons. The summed E-state index contributed by atoms with van der Waals surface area (Å²) in [6.07, 6.45) is 0. The fraction of sp³-hybridized carbons (Fsp3) is 0.158. The molecule has 0 unspecified atom stereocenters. The lowest BCUT2D eigenvalue weighted by molar-refractivity contribution is -0.385. The van der Waals surface area contributed by atoms with Crippen LogP contribution < -0.4 is 14.8 Å². The number of benzene rings is 2. The fourth-order valence-electron chi connectivity index (χ4n) is 2.55. The second kappa shape index (κ2) is 7.69. The minimum atomic E-state index is -0.524. The number of hydrogen-bond acceptors (Lipinski definition) is 7. The van der Waals surface area contributed by atoms with Gasteiger partial charge in [-0.3, -0.25) is 10.1 Å². The van der Waals surface area contributed by atoms with E-state index in [0.29, 0.717) is 17.2 Å². The molecule has 1 aromatic heterocycles. The third-order valence-corrected chi connectivity index (χ3v) is 3.78. The zero-order valence-corrected chi connectivity index (χ0v) is 15.1. The Kier molecular flexibility index (Phi) is 5.16. The number of nitro groups is 1. The Morgan fingerprint density at radius 2 is 1.85 bits per heavy atom. The molecule has 0 bridgehead atoms. The van der Waals surface area contributed by atoms with Crippen molar-refractivity contribution in [2.24, 2.45) is 0 Å². The van der Waals surface area contributed by atoms with Crippen LogP contribution in [0.1, 0.15) is 11.3 Å². The molecule has 2 aromatic carbocycles. The summed E-state index contributed by atoms with van der Waals surface area (Å²) in [7, 11) is 1.52. The topological polar surface area (TPSA) is 99.4 Å². The van der Waals surface area contributed by atoms with Crippen LogP contribution in [0.25, 0.3) is 0 Å². The number of rotatable bonds is 6. The first kappa shape index (κ1) is 18.1. The number of anilines is 2. The quantitative estimate of drug-likeness (QED) is 0.505. The van der Waals surface area contributed by atoms with E-state index in [2.05, 4.69) is 15.3 Å². The van der Waals surface area contributed by atoms with Gasteiger partial charge in [-0.05, 0) is 43.7 Å². The van der Waals surface area contributed by atoms with Crippen LogP contribution >= 0.6 is 0 Å². The van der Waals surface area contributed by atoms with Crippen molar-refractivity contribution in [3.8, 4) is 17.5 Å². The van der Waals surface area contributed by atoms with E-state index in [1.807, 2.05) is 25.1 Å². The van der Waals surface area contributed by atoms with Crippen LogP contribution in [0, 0.1) is 24.0 Å². The summed E-state index contributed by atoms with van der Waals surface area (Å²) in [6.45, 7) is 3.47. The number of aromatic nitrogens is 2. The Hall–Kier alpha value is -3.68. The first-order valence-corrected chi connectivity index (χ1v) is 8.15. The minimum Gasteiger partial charge on any atom is -0.495 e. The highest BCUT2D eigenvalue weighted by Crippen LogP contribution is 2.34. The van der Waals surface area contributed by atoms with Gasteiger partial charge in [0.1, 0.15) is 17.2 Å². The van der Waals surface area contributed by atoms with Crippen molar-refractivity contribution in [2.45, 2.75) is 13.8 Å². The van der Waals surface area contributed by atoms with Gasteiger partial charge in [0.2, 0.25) is 5.82 Å². The second-order valence-corrected chi connectivity index (χ2v) is 5.79. The maximum atomic E-state index is 11.5. The Bertz CT molecular complexity index is 991. The molecule has 0 aliphatic heterocycles. The molecule has 0 saturated heterocycles. The van der Waals surface area contributed by atoms with Crippen LogP contribution in [-0.2, 0) is 0 Å². The number of hydrogen-bond donors (Lipinski definition) is 1. The van der Waals surface area contributed by atoms with Gasteiger partial charge < -0.3 is 14.8 Å². The third-order valence-electron chi connectivity index (χ3n) is 3.78. The van der Waals surface area contributed by atoms with Crippen LogP contribution in [-0.4, -0.2) is 22.0 Å². The van der Waals surface area contributed by atoms with E-state index in [1.165, 1.54) is 14.0 Å². The van der Waals surface area contributed by atoms with Gasteiger partial charge in [0.15, 0.2) is 0 Å². The number of ether oxygens (including phenoxy) is 2. The molecule has 1 N–H and O–H groups in total. The Balaban J connectivity index is 2.02. The lowest BCUT2D eigenvalue weighted by Gasteiger charge is -2.12. The summed E-state index contributed by atoms with van der Waals surface area (Å²) in [5.41, 5.74) is 1.52. The van der Waals surface area contributed by atoms with E-state index in [4.69, 9.17) is 9.47 Å². The van der Waals surface area contributed by atoms with E-state index < -0.39 is 4.92 Å². The smallest absolute Gasteiger partial charge is 0.332 e. The van der Waals surface area contributed by atoms with Crippen LogP contribution in [0.15, 0.2) is 48.5 Å². The molecule has 3 aromatic rings. The zero-order valence-electron chi connectivity index (χ0n) is 15.1. The molecule has 0 atom stereocenters. The van der Waals surface area contributed by atoms with Crippen molar-refractivity contribution in [3.05, 3.63) is 69.9 Å². The fourth-order valence-corrected chi connectivity index (χ4v) is 2.55. The van der Waals surface area contributed by atoms with Gasteiger partial charge in [0, 0.05) is 0 Å². The van der Waals surface area contributed by atoms with Crippen LogP contribution in [0.3, 0.4) is 0 Å². The minimum absolute atomic E-state index is 0.0149. The number of para-hydroxylation sites is 2. The third kappa shape index (κ3) is 4.12. The first-order valence-electron chi connectivity index (χ1n) is 8.15. The highest BCUT2D eigenvalue weighted by molar-refractivity contribution is 5.71. The molecule has 138 valence electrons. The summed E-state index contributed by atoms with van der Waals surface area (Å²) in [6, 6.07) is 14.5. The molecule has 27 heavy (non-hydrogen) atoms. The molecule has 0 spiro atoms. The molecule has 8 heteroatoms. The monoisotopic (exact) mass is 366 g/mol. The van der Waals surface area contributed by atoms with Gasteiger partial charge in [-0.1, -0.05) is 24.3 Å². The van der Waals surface area contributed by atoms with Crippen molar-refractivity contribution in [2.75, 3.05) is 12.4 Å². The number of nitrogens with zero attached hydrogens (tertiary/aromatic N) is 3. The van der Waals surface area contributed by atoms with Crippen molar-refractivity contribution in [1.29, 1.82) is 0 Å². The van der Waals surface area contributed by atoms with Crippen molar-refractivity contribution < 1.29 is 14.4 Å². The van der Waals surface area contributed by atoms with E-state index in [0.717, 1.165) is 5.56 Å². The summed E-state index contributed by atoms with van der Waals surface area (Å²) in [4.78, 5) is 19.3. The first-order chi connectivity index (χ1) is 13.0. The summed E-state index contributed by atoms with van der Waals surface area (Å²) in [5, 5.41) is 14.5. The molecule has 1 heterocycles. The highest BCUT2D eigenvalue weighted by Gasteiger charge is 2.24. The normalized spacial score (nSPS) is 10.3. The summed E-state index contributed by atoms with van der Waals surface area (Å²) < 4.78 is 11.0. The number of methoxy groups -OCH3 is 1. The summed E-state index contributed by atoms with van der Waals surface area (Å²) in [5.74, 6) is 1.11. The van der Waals surface area contributed by atoms with Crippen LogP contribution in [0.5, 0.6) is 17.5 Å². The second-order valence-electron chi connectivity index (χ2n) is 5.79. The van der Waals surface area contributed by atoms with Gasteiger partial charge in [0.05, 0.1) is 17.7 Å². The Morgan fingerprint density at radius 3 is 2.56 bits per heavy atom. The van der Waals surface area contributed by atoms with Gasteiger partial charge in [-0.2, -0.15) is 9.97 Å². The van der Waals surface area contributed by atoms with Crippen molar-refractivity contribution in [1.82, 2.24) is 9.97 Å². The molecule has 0 saturated carbocycles. The SMILES string of the molecule is COc1ccccc1Nc1nc(Oc2cccc(C)c2)nc(C)c1[N+](=O)[O-]. The molecule has 0 fully saturated rings. The van der Waals surface area contributed by atoms with Gasteiger partial charge in [-0.25, -0.2) is 0 Å². The average Bonchev–Trinajstić information content (AvgIpc) is 2.61. The van der Waals surface area contributed by atoms with E-state index in [-0.39, 0.29) is 23.2 Å². The lowest BCUT2D eigenvalue weighted by atomic mass is 10.2. The van der Waals surface area contributed by atoms with E-state index in [9.17, 15) is 10.1 Å². The molecular formula is C19H18N4O4. The molecule has 0 amide bonds. The molecule has 0 aliphatic rings. The van der Waals surface area contributed by atoms with E-state index >= 15 is 0 Å². The molecule has 3 rings (SSSR count). The van der Waals surface area contributed by atoms with Crippen molar-refractivity contribution >= 4 is 17.2 Å². The van der Waals surface area contributed by atoms with Crippen LogP contribution in [0.2, 0.25) is 0 Å². The Labute approximate surface area is 156 Å². The number of aryl methyl sites for hydroxylation is 2. The highest BCUT2D eigenvalue weighted by atomic mass is 16.6. The summed E-state index contributed by atoms with van der Waals surface area (Å²) >= 11 is 0. The van der Waals surface area contributed by atoms with Gasteiger partial charge >= 0.3 is 11.7 Å².